The standard InChI is InChI=1S/C20H22O6/c21-11-15-18-17(25-19(23-15)13-7-3-1-4-8-13)16(12-22)24-20(26-18)14-9-5-2-6-10-14/h1-10,15-22H,11-12H2/t15-,16-,17-,18+,19-,20-/m0/s1. The summed E-state index contributed by atoms with van der Waals surface area (Å²) in [6, 6.07) is 19.0. The lowest BCUT2D eigenvalue weighted by Gasteiger charge is -2.48. The molecule has 0 amide bonds. The second-order valence-corrected chi connectivity index (χ2v) is 6.40. The van der Waals surface area contributed by atoms with E-state index in [1.54, 1.807) is 0 Å². The van der Waals surface area contributed by atoms with Gasteiger partial charge in [0.1, 0.15) is 24.4 Å². The van der Waals surface area contributed by atoms with Gasteiger partial charge >= 0.3 is 0 Å². The molecule has 6 heteroatoms. The average molecular weight is 358 g/mol. The van der Waals surface area contributed by atoms with E-state index in [1.165, 1.54) is 0 Å². The van der Waals surface area contributed by atoms with Gasteiger partial charge in [-0.05, 0) is 0 Å². The molecule has 2 aromatic rings. The molecule has 2 aliphatic heterocycles. The second kappa shape index (κ2) is 7.84. The van der Waals surface area contributed by atoms with Gasteiger partial charge in [0.2, 0.25) is 0 Å². The number of ether oxygens (including phenoxy) is 4. The van der Waals surface area contributed by atoms with E-state index in [4.69, 9.17) is 18.9 Å². The highest BCUT2D eigenvalue weighted by atomic mass is 16.8. The van der Waals surface area contributed by atoms with Crippen molar-refractivity contribution in [2.24, 2.45) is 0 Å². The Labute approximate surface area is 151 Å². The summed E-state index contributed by atoms with van der Waals surface area (Å²) >= 11 is 0. The van der Waals surface area contributed by atoms with Gasteiger partial charge in [0.25, 0.3) is 0 Å². The fourth-order valence-electron chi connectivity index (χ4n) is 3.40. The lowest BCUT2D eigenvalue weighted by molar-refractivity contribution is -0.387. The summed E-state index contributed by atoms with van der Waals surface area (Å²) in [5, 5.41) is 19.7. The van der Waals surface area contributed by atoms with Crippen molar-refractivity contribution in [1.82, 2.24) is 0 Å². The third-order valence-electron chi connectivity index (χ3n) is 4.72. The first kappa shape index (κ1) is 17.6. The van der Waals surface area contributed by atoms with Crippen LogP contribution in [0.4, 0.5) is 0 Å². The van der Waals surface area contributed by atoms with Crippen LogP contribution < -0.4 is 0 Å². The van der Waals surface area contributed by atoms with Crippen molar-refractivity contribution in [1.29, 1.82) is 0 Å². The van der Waals surface area contributed by atoms with Crippen molar-refractivity contribution in [3.05, 3.63) is 71.8 Å². The Kier molecular flexibility index (Phi) is 5.31. The zero-order chi connectivity index (χ0) is 17.9. The molecule has 138 valence electrons. The van der Waals surface area contributed by atoms with Crippen molar-refractivity contribution < 1.29 is 29.2 Å². The molecule has 0 bridgehead atoms. The lowest BCUT2D eigenvalue weighted by Crippen LogP contribution is -2.59. The molecule has 2 aliphatic rings. The Morgan fingerprint density at radius 3 is 1.31 bits per heavy atom. The van der Waals surface area contributed by atoms with Crippen LogP contribution in [0.3, 0.4) is 0 Å². The normalized spacial score (nSPS) is 34.2. The molecular weight excluding hydrogens is 336 g/mol. The van der Waals surface area contributed by atoms with Crippen LogP contribution in [0.1, 0.15) is 23.7 Å². The van der Waals surface area contributed by atoms with E-state index in [1.807, 2.05) is 60.7 Å². The van der Waals surface area contributed by atoms with E-state index in [0.717, 1.165) is 11.1 Å². The summed E-state index contributed by atoms with van der Waals surface area (Å²) in [5.74, 6) is 0. The van der Waals surface area contributed by atoms with Gasteiger partial charge in [-0.15, -0.1) is 0 Å². The van der Waals surface area contributed by atoms with Gasteiger partial charge in [0.15, 0.2) is 12.6 Å². The Morgan fingerprint density at radius 1 is 0.577 bits per heavy atom. The van der Waals surface area contributed by atoms with E-state index in [2.05, 4.69) is 0 Å². The first-order chi connectivity index (χ1) is 12.8. The third-order valence-corrected chi connectivity index (χ3v) is 4.72. The van der Waals surface area contributed by atoms with Crippen molar-refractivity contribution in [3.63, 3.8) is 0 Å². The Balaban J connectivity index is 1.59. The number of hydrogen-bond donors (Lipinski definition) is 2. The molecule has 2 saturated heterocycles. The highest BCUT2D eigenvalue weighted by Crippen LogP contribution is 2.40. The van der Waals surface area contributed by atoms with Crippen molar-refractivity contribution in [3.8, 4) is 0 Å². The molecule has 2 heterocycles. The lowest BCUT2D eigenvalue weighted by atomic mass is 9.99. The first-order valence-electron chi connectivity index (χ1n) is 8.73. The summed E-state index contributed by atoms with van der Waals surface area (Å²) in [6.45, 7) is -0.430. The first-order valence-corrected chi connectivity index (χ1v) is 8.73. The van der Waals surface area contributed by atoms with E-state index in [-0.39, 0.29) is 13.2 Å². The van der Waals surface area contributed by atoms with Gasteiger partial charge in [-0.3, -0.25) is 0 Å². The molecule has 26 heavy (non-hydrogen) atoms. The fraction of sp³-hybridized carbons (Fsp3) is 0.400. The third kappa shape index (κ3) is 3.40. The minimum Gasteiger partial charge on any atom is -0.394 e. The monoisotopic (exact) mass is 358 g/mol. The maximum absolute atomic E-state index is 9.85. The van der Waals surface area contributed by atoms with Crippen LogP contribution >= 0.6 is 0 Å². The summed E-state index contributed by atoms with van der Waals surface area (Å²) in [6.07, 6.45) is -3.55. The number of aliphatic hydroxyl groups excluding tert-OH is 2. The van der Waals surface area contributed by atoms with Gasteiger partial charge in [-0.2, -0.15) is 0 Å². The smallest absolute Gasteiger partial charge is 0.184 e. The van der Waals surface area contributed by atoms with Gasteiger partial charge in [-0.25, -0.2) is 0 Å². The van der Waals surface area contributed by atoms with Crippen LogP contribution in [0.5, 0.6) is 0 Å². The minimum atomic E-state index is -0.649. The molecule has 6 atom stereocenters. The highest BCUT2D eigenvalue weighted by molar-refractivity contribution is 5.18. The van der Waals surface area contributed by atoms with Gasteiger partial charge in [0.05, 0.1) is 13.2 Å². The maximum Gasteiger partial charge on any atom is 0.184 e. The summed E-state index contributed by atoms with van der Waals surface area (Å²) < 4.78 is 24.0. The molecule has 0 radical (unpaired) electrons. The number of hydrogen-bond acceptors (Lipinski definition) is 6. The minimum absolute atomic E-state index is 0.215. The van der Waals surface area contributed by atoms with Crippen molar-refractivity contribution >= 4 is 0 Å². The number of fused-ring (bicyclic) bond motifs is 1. The summed E-state index contributed by atoms with van der Waals surface area (Å²) in [4.78, 5) is 0. The van der Waals surface area contributed by atoms with E-state index < -0.39 is 37.0 Å². The summed E-state index contributed by atoms with van der Waals surface area (Å²) in [7, 11) is 0. The van der Waals surface area contributed by atoms with E-state index in [0.29, 0.717) is 0 Å². The van der Waals surface area contributed by atoms with Gasteiger partial charge < -0.3 is 29.2 Å². The second-order valence-electron chi connectivity index (χ2n) is 6.40. The van der Waals surface area contributed by atoms with Crippen LogP contribution in [0.25, 0.3) is 0 Å². The maximum atomic E-state index is 9.85. The predicted octanol–water partition coefficient (Wildman–Crippen LogP) is 1.94. The molecule has 2 N–H and O–H groups in total. The van der Waals surface area contributed by atoms with Crippen molar-refractivity contribution in [2.45, 2.75) is 37.0 Å². The highest BCUT2D eigenvalue weighted by Gasteiger charge is 2.49. The van der Waals surface area contributed by atoms with Crippen LogP contribution in [0.2, 0.25) is 0 Å². The predicted molar refractivity (Wildman–Crippen MR) is 92.0 cm³/mol. The van der Waals surface area contributed by atoms with Crippen molar-refractivity contribution in [2.75, 3.05) is 13.2 Å². The number of aliphatic hydroxyl groups is 2. The number of rotatable bonds is 4. The fourth-order valence-corrected chi connectivity index (χ4v) is 3.40. The molecule has 0 aliphatic carbocycles. The number of benzene rings is 2. The van der Waals surface area contributed by atoms with Crippen LogP contribution in [0.15, 0.2) is 60.7 Å². The van der Waals surface area contributed by atoms with E-state index in [9.17, 15) is 10.2 Å². The van der Waals surface area contributed by atoms with Gasteiger partial charge in [-0.1, -0.05) is 60.7 Å². The zero-order valence-corrected chi connectivity index (χ0v) is 14.2. The van der Waals surface area contributed by atoms with Gasteiger partial charge in [0, 0.05) is 11.1 Å². The van der Waals surface area contributed by atoms with Crippen LogP contribution in [-0.2, 0) is 18.9 Å². The topological polar surface area (TPSA) is 77.4 Å². The average Bonchev–Trinajstić information content (AvgIpc) is 2.73. The molecule has 0 aromatic heterocycles. The molecule has 0 unspecified atom stereocenters. The summed E-state index contributed by atoms with van der Waals surface area (Å²) in [5.41, 5.74) is 1.68. The molecule has 0 saturated carbocycles. The Hall–Kier alpha value is -1.80. The SMILES string of the molecule is OC[C@@H]1O[C@H](c2ccccc2)O[C@H]2[C@H]1O[C@@H](c1ccccc1)O[C@H]2CO. The van der Waals surface area contributed by atoms with E-state index >= 15 is 0 Å². The molecular formula is C20H22O6. The molecule has 2 aromatic carbocycles. The Morgan fingerprint density at radius 2 is 0.962 bits per heavy atom. The Bertz CT molecular complexity index is 632. The van der Waals surface area contributed by atoms with Crippen LogP contribution in [-0.4, -0.2) is 47.8 Å². The molecule has 0 spiro atoms. The molecule has 6 nitrogen and oxygen atoms in total. The van der Waals surface area contributed by atoms with Crippen LogP contribution in [0, 0.1) is 0 Å². The quantitative estimate of drug-likeness (QED) is 0.870. The molecule has 4 rings (SSSR count). The largest absolute Gasteiger partial charge is 0.394 e. The zero-order valence-electron chi connectivity index (χ0n) is 14.2. The molecule has 2 fully saturated rings.